The number of benzene rings is 1. The minimum Gasteiger partial charge on any atom is -0.369 e. The van der Waals surface area contributed by atoms with E-state index in [9.17, 15) is 0 Å². The normalized spacial score (nSPS) is 12.4. The molecule has 20 heavy (non-hydrogen) atoms. The molecule has 2 nitrogen and oxygen atoms in total. The summed E-state index contributed by atoms with van der Waals surface area (Å²) < 4.78 is 0. The Kier molecular flexibility index (Phi) is 8.01. The Labute approximate surface area is 129 Å². The van der Waals surface area contributed by atoms with Gasteiger partial charge in [-0.3, -0.25) is 0 Å². The van der Waals surface area contributed by atoms with Gasteiger partial charge < -0.3 is 10.2 Å². The van der Waals surface area contributed by atoms with Crippen molar-refractivity contribution in [1.29, 1.82) is 0 Å². The van der Waals surface area contributed by atoms with Gasteiger partial charge in [0.2, 0.25) is 0 Å². The lowest BCUT2D eigenvalue weighted by molar-refractivity contribution is 0.595. The van der Waals surface area contributed by atoms with E-state index in [4.69, 9.17) is 11.6 Å². The predicted molar refractivity (Wildman–Crippen MR) is 90.8 cm³/mol. The average Bonchev–Trinajstić information content (AvgIpc) is 2.46. The number of rotatable bonds is 9. The van der Waals surface area contributed by atoms with Gasteiger partial charge >= 0.3 is 0 Å². The first-order chi connectivity index (χ1) is 9.63. The first-order valence-electron chi connectivity index (χ1n) is 7.89. The number of hydrogen-bond acceptors (Lipinski definition) is 2. The van der Waals surface area contributed by atoms with Gasteiger partial charge in [0.05, 0.1) is 0 Å². The van der Waals surface area contributed by atoms with E-state index in [1.807, 2.05) is 0 Å². The standard InChI is InChI=1S/C17H29ClN2/c1-5-8-11-20(14(4)6-2)16-10-9-15(13-19-7-3)17(18)12-16/h9-10,12,14,19H,5-8,11,13H2,1-4H3. The Morgan fingerprint density at radius 3 is 2.55 bits per heavy atom. The second kappa shape index (κ2) is 9.25. The first kappa shape index (κ1) is 17.3. The Balaban J connectivity index is 2.87. The van der Waals surface area contributed by atoms with Gasteiger partial charge in [-0.1, -0.05) is 44.9 Å². The molecule has 0 heterocycles. The van der Waals surface area contributed by atoms with Crippen LogP contribution in [0.25, 0.3) is 0 Å². The summed E-state index contributed by atoms with van der Waals surface area (Å²) in [6, 6.07) is 7.04. The molecule has 1 unspecified atom stereocenters. The molecule has 0 aliphatic heterocycles. The van der Waals surface area contributed by atoms with E-state index in [2.05, 4.69) is 56.1 Å². The lowest BCUT2D eigenvalue weighted by atomic mass is 10.1. The van der Waals surface area contributed by atoms with Crippen molar-refractivity contribution in [2.24, 2.45) is 0 Å². The fourth-order valence-corrected chi connectivity index (χ4v) is 2.51. The fraction of sp³-hybridized carbons (Fsp3) is 0.647. The molecule has 0 saturated heterocycles. The van der Waals surface area contributed by atoms with Crippen molar-refractivity contribution in [1.82, 2.24) is 5.32 Å². The lowest BCUT2D eigenvalue weighted by Gasteiger charge is -2.31. The maximum atomic E-state index is 6.42. The molecule has 0 aromatic heterocycles. The number of anilines is 1. The van der Waals surface area contributed by atoms with Gasteiger partial charge in [-0.15, -0.1) is 0 Å². The van der Waals surface area contributed by atoms with Crippen molar-refractivity contribution in [3.63, 3.8) is 0 Å². The number of halogens is 1. The van der Waals surface area contributed by atoms with Crippen LogP contribution in [-0.4, -0.2) is 19.1 Å². The molecule has 0 saturated carbocycles. The molecule has 1 atom stereocenters. The molecular weight excluding hydrogens is 268 g/mol. The Morgan fingerprint density at radius 2 is 2.00 bits per heavy atom. The topological polar surface area (TPSA) is 15.3 Å². The molecule has 1 aromatic rings. The van der Waals surface area contributed by atoms with Gasteiger partial charge in [0.1, 0.15) is 0 Å². The van der Waals surface area contributed by atoms with Gasteiger partial charge in [0.25, 0.3) is 0 Å². The molecule has 0 aliphatic carbocycles. The summed E-state index contributed by atoms with van der Waals surface area (Å²) >= 11 is 6.42. The predicted octanol–water partition coefficient (Wildman–Crippen LogP) is 4.85. The molecule has 1 aromatic carbocycles. The van der Waals surface area contributed by atoms with Crippen LogP contribution in [0.3, 0.4) is 0 Å². The zero-order chi connectivity index (χ0) is 15.0. The van der Waals surface area contributed by atoms with Crippen LogP contribution in [0.2, 0.25) is 5.02 Å². The molecule has 0 fully saturated rings. The maximum Gasteiger partial charge on any atom is 0.0471 e. The van der Waals surface area contributed by atoms with E-state index >= 15 is 0 Å². The number of unbranched alkanes of at least 4 members (excludes halogenated alkanes) is 1. The van der Waals surface area contributed by atoms with Crippen LogP contribution in [0, 0.1) is 0 Å². The van der Waals surface area contributed by atoms with Crippen molar-refractivity contribution >= 4 is 17.3 Å². The molecule has 1 N–H and O–H groups in total. The molecule has 114 valence electrons. The van der Waals surface area contributed by atoms with Gasteiger partial charge in [0, 0.05) is 29.8 Å². The summed E-state index contributed by atoms with van der Waals surface area (Å²) in [7, 11) is 0. The van der Waals surface area contributed by atoms with Gasteiger partial charge in [-0.25, -0.2) is 0 Å². The lowest BCUT2D eigenvalue weighted by Crippen LogP contribution is -2.33. The molecule has 0 bridgehead atoms. The van der Waals surface area contributed by atoms with Gasteiger partial charge in [-0.2, -0.15) is 0 Å². The molecule has 0 aliphatic rings. The summed E-state index contributed by atoms with van der Waals surface area (Å²) in [5, 5.41) is 4.19. The zero-order valence-corrected chi connectivity index (χ0v) is 14.1. The highest BCUT2D eigenvalue weighted by atomic mass is 35.5. The van der Waals surface area contributed by atoms with Crippen molar-refractivity contribution in [2.45, 2.75) is 59.5 Å². The van der Waals surface area contributed by atoms with Crippen LogP contribution in [0.1, 0.15) is 52.5 Å². The minimum absolute atomic E-state index is 0.553. The third kappa shape index (κ3) is 4.99. The van der Waals surface area contributed by atoms with Crippen LogP contribution in [-0.2, 0) is 6.54 Å². The van der Waals surface area contributed by atoms with E-state index in [1.54, 1.807) is 0 Å². The SMILES string of the molecule is CCCCN(c1ccc(CNCC)c(Cl)c1)C(C)CC. The molecule has 0 amide bonds. The molecule has 3 heteroatoms. The summed E-state index contributed by atoms with van der Waals surface area (Å²) in [6.07, 6.45) is 3.60. The highest BCUT2D eigenvalue weighted by Gasteiger charge is 2.13. The van der Waals surface area contributed by atoms with E-state index in [1.165, 1.54) is 24.1 Å². The number of hydrogen-bond donors (Lipinski definition) is 1. The van der Waals surface area contributed by atoms with Crippen LogP contribution in [0.5, 0.6) is 0 Å². The van der Waals surface area contributed by atoms with Crippen LogP contribution in [0.4, 0.5) is 5.69 Å². The zero-order valence-electron chi connectivity index (χ0n) is 13.4. The third-order valence-electron chi connectivity index (χ3n) is 3.81. The van der Waals surface area contributed by atoms with Crippen LogP contribution in [0.15, 0.2) is 18.2 Å². The Bertz CT molecular complexity index is 393. The van der Waals surface area contributed by atoms with Gasteiger partial charge in [0.15, 0.2) is 0 Å². The quantitative estimate of drug-likeness (QED) is 0.700. The largest absolute Gasteiger partial charge is 0.369 e. The smallest absolute Gasteiger partial charge is 0.0471 e. The van der Waals surface area contributed by atoms with Crippen molar-refractivity contribution < 1.29 is 0 Å². The van der Waals surface area contributed by atoms with Crippen molar-refractivity contribution in [2.75, 3.05) is 18.0 Å². The Morgan fingerprint density at radius 1 is 1.25 bits per heavy atom. The van der Waals surface area contributed by atoms with Crippen LogP contribution < -0.4 is 10.2 Å². The Hall–Kier alpha value is -0.730. The molecule has 0 radical (unpaired) electrons. The number of nitrogens with one attached hydrogen (secondary N) is 1. The van der Waals surface area contributed by atoms with Gasteiger partial charge in [-0.05, 0) is 44.0 Å². The highest BCUT2D eigenvalue weighted by Crippen LogP contribution is 2.26. The first-order valence-corrected chi connectivity index (χ1v) is 8.27. The van der Waals surface area contributed by atoms with Crippen molar-refractivity contribution in [3.8, 4) is 0 Å². The molecule has 0 spiro atoms. The highest BCUT2D eigenvalue weighted by molar-refractivity contribution is 6.31. The van der Waals surface area contributed by atoms with E-state index in [-0.39, 0.29) is 0 Å². The second-order valence-electron chi connectivity index (χ2n) is 5.36. The summed E-state index contributed by atoms with van der Waals surface area (Å²) in [5.74, 6) is 0. The molecule has 1 rings (SSSR count). The van der Waals surface area contributed by atoms with E-state index in [0.29, 0.717) is 6.04 Å². The average molecular weight is 297 g/mol. The minimum atomic E-state index is 0.553. The van der Waals surface area contributed by atoms with E-state index in [0.717, 1.165) is 31.1 Å². The number of nitrogens with zero attached hydrogens (tertiary/aromatic N) is 1. The maximum absolute atomic E-state index is 6.42. The second-order valence-corrected chi connectivity index (χ2v) is 5.77. The fourth-order valence-electron chi connectivity index (χ4n) is 2.27. The summed E-state index contributed by atoms with van der Waals surface area (Å²) in [5.41, 5.74) is 2.43. The van der Waals surface area contributed by atoms with E-state index < -0.39 is 0 Å². The summed E-state index contributed by atoms with van der Waals surface area (Å²) in [6.45, 7) is 11.8. The van der Waals surface area contributed by atoms with Crippen molar-refractivity contribution in [3.05, 3.63) is 28.8 Å². The summed E-state index contributed by atoms with van der Waals surface area (Å²) in [4.78, 5) is 2.48. The molecular formula is C17H29ClN2. The third-order valence-corrected chi connectivity index (χ3v) is 4.16. The van der Waals surface area contributed by atoms with Crippen LogP contribution >= 0.6 is 11.6 Å². The monoisotopic (exact) mass is 296 g/mol.